The lowest BCUT2D eigenvalue weighted by Gasteiger charge is -2.27. The standard InChI is InChI=1S/C16H26N4O5/c1-15(2,3)25-14(22)19-9-10(7-11(19)13(21)24-6)20-12(8-17-18-20)16(4,5)23/h8,10-11,23H,7,9H2,1-6H3/t10-,11-/m0/s1. The lowest BCUT2D eigenvalue weighted by atomic mass is 10.1. The number of likely N-dealkylation sites (tertiary alicyclic amines) is 1. The minimum atomic E-state index is -1.15. The normalized spacial score (nSPS) is 21.3. The summed E-state index contributed by atoms with van der Waals surface area (Å²) in [6.07, 6.45) is 1.19. The van der Waals surface area contributed by atoms with Crippen LogP contribution in [0.15, 0.2) is 6.20 Å². The van der Waals surface area contributed by atoms with Crippen LogP contribution in [0.2, 0.25) is 0 Å². The molecule has 1 amide bonds. The van der Waals surface area contributed by atoms with Crippen molar-refractivity contribution in [2.45, 2.75) is 64.3 Å². The van der Waals surface area contributed by atoms with Gasteiger partial charge in [-0.15, -0.1) is 5.10 Å². The zero-order chi connectivity index (χ0) is 19.0. The molecule has 0 spiro atoms. The summed E-state index contributed by atoms with van der Waals surface area (Å²) in [4.78, 5) is 26.0. The highest BCUT2D eigenvalue weighted by Crippen LogP contribution is 2.32. The topological polar surface area (TPSA) is 107 Å². The summed E-state index contributed by atoms with van der Waals surface area (Å²) >= 11 is 0. The van der Waals surface area contributed by atoms with Crippen LogP contribution in [0.25, 0.3) is 0 Å². The Labute approximate surface area is 146 Å². The van der Waals surface area contributed by atoms with Crippen LogP contribution in [0, 0.1) is 0 Å². The first-order valence-corrected chi connectivity index (χ1v) is 8.14. The van der Waals surface area contributed by atoms with Gasteiger partial charge < -0.3 is 14.6 Å². The first-order valence-electron chi connectivity index (χ1n) is 8.14. The number of carbonyl (C=O) groups is 2. The summed E-state index contributed by atoms with van der Waals surface area (Å²) in [5.41, 5.74) is -1.32. The predicted octanol–water partition coefficient (Wildman–Crippen LogP) is 1.23. The van der Waals surface area contributed by atoms with Crippen LogP contribution in [-0.4, -0.2) is 62.4 Å². The summed E-state index contributed by atoms with van der Waals surface area (Å²) in [5.74, 6) is -0.515. The Morgan fingerprint density at radius 1 is 1.28 bits per heavy atom. The van der Waals surface area contributed by atoms with E-state index in [1.54, 1.807) is 39.3 Å². The summed E-state index contributed by atoms with van der Waals surface area (Å²) in [7, 11) is 1.28. The third-order valence-electron chi connectivity index (χ3n) is 3.93. The number of aromatic nitrogens is 3. The quantitative estimate of drug-likeness (QED) is 0.814. The van der Waals surface area contributed by atoms with Crippen molar-refractivity contribution < 1.29 is 24.2 Å². The molecule has 1 fully saturated rings. The molecule has 2 atom stereocenters. The third kappa shape index (κ3) is 4.28. The van der Waals surface area contributed by atoms with Crippen LogP contribution in [0.3, 0.4) is 0 Å². The number of aliphatic hydroxyl groups is 1. The Kier molecular flexibility index (Phi) is 5.08. The molecule has 0 unspecified atom stereocenters. The van der Waals surface area contributed by atoms with E-state index in [1.807, 2.05) is 0 Å². The minimum absolute atomic E-state index is 0.209. The molecule has 9 heteroatoms. The number of esters is 1. The molecule has 0 bridgehead atoms. The summed E-state index contributed by atoms with van der Waals surface area (Å²) in [5, 5.41) is 18.2. The van der Waals surface area contributed by atoms with Crippen LogP contribution in [0.1, 0.15) is 52.8 Å². The van der Waals surface area contributed by atoms with Crippen molar-refractivity contribution in [1.29, 1.82) is 0 Å². The molecule has 0 saturated carbocycles. The molecular formula is C16H26N4O5. The zero-order valence-corrected chi connectivity index (χ0v) is 15.5. The second kappa shape index (κ2) is 6.62. The Morgan fingerprint density at radius 3 is 2.44 bits per heavy atom. The van der Waals surface area contributed by atoms with E-state index in [9.17, 15) is 14.7 Å². The van der Waals surface area contributed by atoms with Crippen molar-refractivity contribution in [1.82, 2.24) is 19.9 Å². The molecule has 2 rings (SSSR count). The number of rotatable bonds is 3. The highest BCUT2D eigenvalue weighted by Gasteiger charge is 2.44. The SMILES string of the molecule is COC(=O)[C@@H]1C[C@H](n2nncc2C(C)(C)O)CN1C(=O)OC(C)(C)C. The van der Waals surface area contributed by atoms with Crippen molar-refractivity contribution in [3.63, 3.8) is 0 Å². The van der Waals surface area contributed by atoms with Crippen molar-refractivity contribution in [2.24, 2.45) is 0 Å². The van der Waals surface area contributed by atoms with Gasteiger partial charge in [0.15, 0.2) is 0 Å². The van der Waals surface area contributed by atoms with E-state index in [0.717, 1.165) is 0 Å². The van der Waals surface area contributed by atoms with E-state index in [4.69, 9.17) is 9.47 Å². The van der Waals surface area contributed by atoms with Crippen molar-refractivity contribution in [2.75, 3.05) is 13.7 Å². The van der Waals surface area contributed by atoms with Gasteiger partial charge in [0.25, 0.3) is 0 Å². The molecule has 1 aliphatic rings. The number of nitrogens with zero attached hydrogens (tertiary/aromatic N) is 4. The van der Waals surface area contributed by atoms with Gasteiger partial charge in [-0.2, -0.15) is 0 Å². The molecule has 0 aliphatic carbocycles. The zero-order valence-electron chi connectivity index (χ0n) is 15.5. The average Bonchev–Trinajstić information content (AvgIpc) is 3.10. The number of hydrogen-bond acceptors (Lipinski definition) is 7. The van der Waals surface area contributed by atoms with Gasteiger partial charge in [-0.25, -0.2) is 14.3 Å². The van der Waals surface area contributed by atoms with Crippen LogP contribution >= 0.6 is 0 Å². The maximum absolute atomic E-state index is 12.5. The molecule has 9 nitrogen and oxygen atoms in total. The molecule has 25 heavy (non-hydrogen) atoms. The first-order chi connectivity index (χ1) is 11.4. The number of hydrogen-bond donors (Lipinski definition) is 1. The Hall–Kier alpha value is -2.16. The van der Waals surface area contributed by atoms with Gasteiger partial charge in [-0.3, -0.25) is 4.90 Å². The lowest BCUT2D eigenvalue weighted by Crippen LogP contribution is -2.43. The van der Waals surface area contributed by atoms with E-state index in [1.165, 1.54) is 18.2 Å². The average molecular weight is 354 g/mol. The summed E-state index contributed by atoms with van der Waals surface area (Å²) < 4.78 is 11.8. The second-order valence-electron chi connectivity index (χ2n) is 7.68. The van der Waals surface area contributed by atoms with Crippen molar-refractivity contribution >= 4 is 12.1 Å². The van der Waals surface area contributed by atoms with Gasteiger partial charge in [-0.1, -0.05) is 5.21 Å². The van der Waals surface area contributed by atoms with Gasteiger partial charge in [-0.05, 0) is 34.6 Å². The largest absolute Gasteiger partial charge is 0.467 e. The van der Waals surface area contributed by atoms with Crippen LogP contribution in [0.5, 0.6) is 0 Å². The Morgan fingerprint density at radius 2 is 1.92 bits per heavy atom. The molecule has 2 heterocycles. The third-order valence-corrected chi connectivity index (χ3v) is 3.93. The van der Waals surface area contributed by atoms with Gasteiger partial charge in [0.05, 0.1) is 25.0 Å². The maximum atomic E-state index is 12.5. The molecule has 1 aromatic heterocycles. The number of carbonyl (C=O) groups excluding carboxylic acids is 2. The lowest BCUT2D eigenvalue weighted by molar-refractivity contribution is -0.145. The van der Waals surface area contributed by atoms with Gasteiger partial charge in [0.2, 0.25) is 0 Å². The Balaban J connectivity index is 2.29. The predicted molar refractivity (Wildman–Crippen MR) is 87.7 cm³/mol. The van der Waals surface area contributed by atoms with E-state index < -0.39 is 29.3 Å². The van der Waals surface area contributed by atoms with E-state index >= 15 is 0 Å². The molecular weight excluding hydrogens is 328 g/mol. The first kappa shape index (κ1) is 19.2. The fraction of sp³-hybridized carbons (Fsp3) is 0.750. The fourth-order valence-electron chi connectivity index (χ4n) is 2.82. The minimum Gasteiger partial charge on any atom is -0.467 e. The highest BCUT2D eigenvalue weighted by molar-refractivity contribution is 5.82. The number of ether oxygens (including phenoxy) is 2. The van der Waals surface area contributed by atoms with Gasteiger partial charge in [0, 0.05) is 13.0 Å². The number of methoxy groups -OCH3 is 1. The van der Waals surface area contributed by atoms with Crippen molar-refractivity contribution in [3.8, 4) is 0 Å². The monoisotopic (exact) mass is 354 g/mol. The highest BCUT2D eigenvalue weighted by atomic mass is 16.6. The molecule has 1 aromatic rings. The maximum Gasteiger partial charge on any atom is 0.411 e. The second-order valence-corrected chi connectivity index (χ2v) is 7.68. The van der Waals surface area contributed by atoms with Crippen LogP contribution in [0.4, 0.5) is 4.79 Å². The van der Waals surface area contributed by atoms with E-state index in [2.05, 4.69) is 10.3 Å². The molecule has 0 radical (unpaired) electrons. The molecule has 0 aromatic carbocycles. The molecule has 1 aliphatic heterocycles. The summed E-state index contributed by atoms with van der Waals surface area (Å²) in [6, 6.07) is -1.09. The van der Waals surface area contributed by atoms with Gasteiger partial charge >= 0.3 is 12.1 Å². The van der Waals surface area contributed by atoms with E-state index in [0.29, 0.717) is 12.1 Å². The van der Waals surface area contributed by atoms with Crippen LogP contribution in [-0.2, 0) is 19.9 Å². The molecule has 1 saturated heterocycles. The smallest absolute Gasteiger partial charge is 0.411 e. The number of amides is 1. The van der Waals surface area contributed by atoms with Crippen molar-refractivity contribution in [3.05, 3.63) is 11.9 Å². The molecule has 1 N–H and O–H groups in total. The molecule has 140 valence electrons. The van der Waals surface area contributed by atoms with Gasteiger partial charge in [0.1, 0.15) is 17.2 Å². The fourth-order valence-corrected chi connectivity index (χ4v) is 2.82. The van der Waals surface area contributed by atoms with Crippen LogP contribution < -0.4 is 0 Å². The van der Waals surface area contributed by atoms with E-state index in [-0.39, 0.29) is 12.6 Å². The summed E-state index contributed by atoms with van der Waals surface area (Å²) in [6.45, 7) is 8.74. The Bertz CT molecular complexity index is 644.